The fourth-order valence-corrected chi connectivity index (χ4v) is 2.44. The molecule has 19 heavy (non-hydrogen) atoms. The second kappa shape index (κ2) is 6.85. The van der Waals surface area contributed by atoms with Crippen molar-refractivity contribution in [1.82, 2.24) is 15.2 Å². The van der Waals surface area contributed by atoms with Crippen LogP contribution in [0.1, 0.15) is 12.0 Å². The Balaban J connectivity index is 2.14. The first-order valence-corrected chi connectivity index (χ1v) is 6.95. The number of nitrogens with zero attached hydrogens (tertiary/aromatic N) is 2. The van der Waals surface area contributed by atoms with Crippen LogP contribution in [0.3, 0.4) is 0 Å². The fourth-order valence-electron chi connectivity index (χ4n) is 2.22. The Morgan fingerprint density at radius 3 is 2.95 bits per heavy atom. The number of hydrogen-bond acceptors (Lipinski definition) is 3. The number of aromatic nitrogens is 1. The molecule has 0 spiro atoms. The molecule has 1 heterocycles. The first-order valence-electron chi connectivity index (χ1n) is 6.57. The maximum atomic E-state index is 6.21. The number of fused-ring (bicyclic) bond motifs is 1. The van der Waals surface area contributed by atoms with E-state index in [9.17, 15) is 0 Å². The minimum absolute atomic E-state index is 0.768. The third kappa shape index (κ3) is 3.66. The van der Waals surface area contributed by atoms with Crippen LogP contribution in [0.5, 0.6) is 0 Å². The summed E-state index contributed by atoms with van der Waals surface area (Å²) in [6.07, 6.45) is 2.97. The van der Waals surface area contributed by atoms with Gasteiger partial charge in [-0.05, 0) is 57.4 Å². The number of hydrogen-bond donors (Lipinski definition) is 1. The molecule has 102 valence electrons. The van der Waals surface area contributed by atoms with Gasteiger partial charge in [-0.1, -0.05) is 17.7 Å². The smallest absolute Gasteiger partial charge is 0.0761 e. The average molecular weight is 278 g/mol. The van der Waals surface area contributed by atoms with Crippen LogP contribution in [0.15, 0.2) is 30.5 Å². The average Bonchev–Trinajstić information content (AvgIpc) is 2.43. The van der Waals surface area contributed by atoms with Gasteiger partial charge in [-0.15, -0.1) is 0 Å². The third-order valence-electron chi connectivity index (χ3n) is 3.21. The molecular weight excluding hydrogens is 258 g/mol. The summed E-state index contributed by atoms with van der Waals surface area (Å²) in [7, 11) is 4.12. The molecule has 0 saturated heterocycles. The molecule has 0 fully saturated rings. The standard InChI is InChI=1S/C15H20ClN3/c1-17-8-4-10-19(2)11-12-6-7-14(16)13-5-3-9-18-15(12)13/h3,5-7,9,17H,4,8,10-11H2,1-2H3. The predicted molar refractivity (Wildman–Crippen MR) is 81.6 cm³/mol. The normalized spacial score (nSPS) is 11.4. The zero-order valence-corrected chi connectivity index (χ0v) is 12.2. The van der Waals surface area contributed by atoms with E-state index >= 15 is 0 Å². The van der Waals surface area contributed by atoms with Crippen molar-refractivity contribution >= 4 is 22.5 Å². The monoisotopic (exact) mass is 277 g/mol. The van der Waals surface area contributed by atoms with Crippen molar-refractivity contribution in [3.63, 3.8) is 0 Å². The van der Waals surface area contributed by atoms with Crippen LogP contribution in [0.2, 0.25) is 5.02 Å². The molecule has 1 aromatic carbocycles. The van der Waals surface area contributed by atoms with Gasteiger partial charge >= 0.3 is 0 Å². The number of halogens is 1. The van der Waals surface area contributed by atoms with E-state index in [1.807, 2.05) is 31.4 Å². The fraction of sp³-hybridized carbons (Fsp3) is 0.400. The predicted octanol–water partition coefficient (Wildman–Crippen LogP) is 2.93. The molecule has 0 atom stereocenters. The molecule has 2 aromatic rings. The van der Waals surface area contributed by atoms with Crippen molar-refractivity contribution in [3.05, 3.63) is 41.0 Å². The van der Waals surface area contributed by atoms with E-state index in [4.69, 9.17) is 11.6 Å². The quantitative estimate of drug-likeness (QED) is 0.823. The molecule has 0 aliphatic carbocycles. The Hall–Kier alpha value is -1.16. The highest BCUT2D eigenvalue weighted by molar-refractivity contribution is 6.35. The Bertz CT molecular complexity index is 542. The molecule has 0 radical (unpaired) electrons. The highest BCUT2D eigenvalue weighted by Crippen LogP contribution is 2.25. The van der Waals surface area contributed by atoms with Crippen LogP contribution < -0.4 is 5.32 Å². The van der Waals surface area contributed by atoms with Crippen LogP contribution in [-0.2, 0) is 6.54 Å². The van der Waals surface area contributed by atoms with Crippen LogP contribution >= 0.6 is 11.6 Å². The molecule has 0 bridgehead atoms. The lowest BCUT2D eigenvalue weighted by Gasteiger charge is -2.17. The van der Waals surface area contributed by atoms with Gasteiger partial charge < -0.3 is 10.2 Å². The Labute approximate surface area is 119 Å². The maximum Gasteiger partial charge on any atom is 0.0761 e. The maximum absolute atomic E-state index is 6.21. The SMILES string of the molecule is CNCCCN(C)Cc1ccc(Cl)c2cccnc12. The van der Waals surface area contributed by atoms with E-state index in [2.05, 4.69) is 28.3 Å². The molecule has 1 aromatic heterocycles. The van der Waals surface area contributed by atoms with Gasteiger partial charge in [-0.3, -0.25) is 4.98 Å². The van der Waals surface area contributed by atoms with Gasteiger partial charge in [0.15, 0.2) is 0 Å². The first-order chi connectivity index (χ1) is 9.22. The van der Waals surface area contributed by atoms with Gasteiger partial charge in [0.05, 0.1) is 5.52 Å². The minimum Gasteiger partial charge on any atom is -0.320 e. The number of nitrogens with one attached hydrogen (secondary N) is 1. The van der Waals surface area contributed by atoms with Crippen LogP contribution in [-0.4, -0.2) is 37.1 Å². The summed E-state index contributed by atoms with van der Waals surface area (Å²) >= 11 is 6.21. The number of benzene rings is 1. The highest BCUT2D eigenvalue weighted by atomic mass is 35.5. The topological polar surface area (TPSA) is 28.2 Å². The number of pyridine rings is 1. The summed E-state index contributed by atoms with van der Waals surface area (Å²) in [5.74, 6) is 0. The van der Waals surface area contributed by atoms with E-state index in [0.29, 0.717) is 0 Å². The molecule has 0 aliphatic rings. The van der Waals surface area contributed by atoms with E-state index in [0.717, 1.165) is 42.0 Å². The second-order valence-corrected chi connectivity index (χ2v) is 5.21. The molecule has 0 unspecified atom stereocenters. The molecule has 0 amide bonds. The van der Waals surface area contributed by atoms with Crippen LogP contribution in [0, 0.1) is 0 Å². The van der Waals surface area contributed by atoms with Crippen molar-refractivity contribution in [2.45, 2.75) is 13.0 Å². The lowest BCUT2D eigenvalue weighted by Crippen LogP contribution is -2.22. The van der Waals surface area contributed by atoms with E-state index in [1.54, 1.807) is 0 Å². The summed E-state index contributed by atoms with van der Waals surface area (Å²) in [5.41, 5.74) is 2.24. The minimum atomic E-state index is 0.768. The largest absolute Gasteiger partial charge is 0.320 e. The lowest BCUT2D eigenvalue weighted by atomic mass is 10.1. The Morgan fingerprint density at radius 2 is 2.16 bits per heavy atom. The van der Waals surface area contributed by atoms with E-state index < -0.39 is 0 Å². The molecule has 4 heteroatoms. The highest BCUT2D eigenvalue weighted by Gasteiger charge is 2.07. The molecule has 1 N–H and O–H groups in total. The molecule has 3 nitrogen and oxygen atoms in total. The molecule has 0 saturated carbocycles. The summed E-state index contributed by atoms with van der Waals surface area (Å²) < 4.78 is 0. The third-order valence-corrected chi connectivity index (χ3v) is 3.54. The summed E-state index contributed by atoms with van der Waals surface area (Å²) in [5, 5.41) is 4.97. The van der Waals surface area contributed by atoms with Crippen molar-refractivity contribution in [2.24, 2.45) is 0 Å². The van der Waals surface area contributed by atoms with Crippen molar-refractivity contribution < 1.29 is 0 Å². The van der Waals surface area contributed by atoms with Gasteiger partial charge in [0.2, 0.25) is 0 Å². The lowest BCUT2D eigenvalue weighted by molar-refractivity contribution is 0.322. The van der Waals surface area contributed by atoms with Crippen molar-refractivity contribution in [1.29, 1.82) is 0 Å². The Morgan fingerprint density at radius 1 is 1.32 bits per heavy atom. The summed E-state index contributed by atoms with van der Waals surface area (Å²) in [6, 6.07) is 7.98. The molecule has 2 rings (SSSR count). The van der Waals surface area contributed by atoms with Gasteiger partial charge in [0.1, 0.15) is 0 Å². The van der Waals surface area contributed by atoms with Crippen molar-refractivity contribution in [2.75, 3.05) is 27.2 Å². The molecule has 0 aliphatic heterocycles. The van der Waals surface area contributed by atoms with E-state index in [1.165, 1.54) is 5.56 Å². The first kappa shape index (κ1) is 14.3. The van der Waals surface area contributed by atoms with Gasteiger partial charge in [0, 0.05) is 23.2 Å². The molecular formula is C15H20ClN3. The van der Waals surface area contributed by atoms with Crippen molar-refractivity contribution in [3.8, 4) is 0 Å². The zero-order chi connectivity index (χ0) is 13.7. The van der Waals surface area contributed by atoms with Gasteiger partial charge in [0.25, 0.3) is 0 Å². The summed E-state index contributed by atoms with van der Waals surface area (Å²) in [4.78, 5) is 6.78. The van der Waals surface area contributed by atoms with Crippen LogP contribution in [0.4, 0.5) is 0 Å². The zero-order valence-electron chi connectivity index (χ0n) is 11.5. The van der Waals surface area contributed by atoms with E-state index in [-0.39, 0.29) is 0 Å². The van der Waals surface area contributed by atoms with Crippen LogP contribution in [0.25, 0.3) is 10.9 Å². The Kier molecular flexibility index (Phi) is 5.14. The summed E-state index contributed by atoms with van der Waals surface area (Å²) in [6.45, 7) is 3.01. The van der Waals surface area contributed by atoms with Gasteiger partial charge in [-0.25, -0.2) is 0 Å². The van der Waals surface area contributed by atoms with Gasteiger partial charge in [-0.2, -0.15) is 0 Å². The second-order valence-electron chi connectivity index (χ2n) is 4.80. The number of rotatable bonds is 6.